The van der Waals surface area contributed by atoms with Gasteiger partial charge >= 0.3 is 0 Å². The highest BCUT2D eigenvalue weighted by Gasteiger charge is 2.36. The zero-order valence-corrected chi connectivity index (χ0v) is 22.8. The van der Waals surface area contributed by atoms with Crippen LogP contribution in [0.5, 0.6) is 0 Å². The largest absolute Gasteiger partial charge is 0.352 e. The normalized spacial score (nSPS) is 17.9. The van der Waals surface area contributed by atoms with Crippen molar-refractivity contribution in [2.75, 3.05) is 23.9 Å². The first kappa shape index (κ1) is 26.4. The molecule has 0 saturated carbocycles. The first-order valence-corrected chi connectivity index (χ1v) is 15.7. The molecule has 1 N–H and O–H groups in total. The summed E-state index contributed by atoms with van der Waals surface area (Å²) in [5.41, 5.74) is 2.82. The summed E-state index contributed by atoms with van der Waals surface area (Å²) >= 11 is 0. The Labute approximate surface area is 224 Å². The monoisotopic (exact) mass is 553 g/mol. The molecule has 3 aromatic carbocycles. The second-order valence-electron chi connectivity index (χ2n) is 9.77. The fourth-order valence-corrected chi connectivity index (χ4v) is 8.37. The van der Waals surface area contributed by atoms with Gasteiger partial charge in [0.1, 0.15) is 0 Å². The van der Waals surface area contributed by atoms with Crippen LogP contribution in [0, 0.1) is 0 Å². The minimum Gasteiger partial charge on any atom is -0.352 e. The van der Waals surface area contributed by atoms with Crippen molar-refractivity contribution in [1.82, 2.24) is 9.62 Å². The molecule has 2 aliphatic rings. The number of carbonyl (C=O) groups is 1. The smallest absolute Gasteiger partial charge is 0.264 e. The van der Waals surface area contributed by atoms with Crippen LogP contribution in [-0.2, 0) is 32.9 Å². The molecule has 1 atom stereocenters. The van der Waals surface area contributed by atoms with Gasteiger partial charge in [-0.2, -0.15) is 4.31 Å². The van der Waals surface area contributed by atoms with Gasteiger partial charge in [-0.1, -0.05) is 30.3 Å². The SMILES string of the molecule is C[C@H]1Cc2cc(C(=O)NCCc3ccc(S(=O)(=O)N4CCCC4)cc3)ccc2N1S(=O)(=O)c1ccccc1. The number of nitrogens with zero attached hydrogens (tertiary/aromatic N) is 2. The quantitative estimate of drug-likeness (QED) is 0.459. The molecule has 3 aromatic rings. The van der Waals surface area contributed by atoms with E-state index in [9.17, 15) is 21.6 Å². The number of sulfonamides is 2. The van der Waals surface area contributed by atoms with Crippen LogP contribution in [0.1, 0.15) is 41.3 Å². The minimum atomic E-state index is -3.70. The van der Waals surface area contributed by atoms with Crippen LogP contribution < -0.4 is 9.62 Å². The van der Waals surface area contributed by atoms with Crippen molar-refractivity contribution >= 4 is 31.6 Å². The number of hydrogen-bond acceptors (Lipinski definition) is 5. The highest BCUT2D eigenvalue weighted by molar-refractivity contribution is 7.93. The summed E-state index contributed by atoms with van der Waals surface area (Å²) in [7, 11) is -7.15. The summed E-state index contributed by atoms with van der Waals surface area (Å²) in [4.78, 5) is 13.4. The van der Waals surface area contributed by atoms with Crippen LogP contribution in [0.4, 0.5) is 5.69 Å². The number of hydrogen-bond donors (Lipinski definition) is 1. The van der Waals surface area contributed by atoms with E-state index in [0.29, 0.717) is 48.6 Å². The van der Waals surface area contributed by atoms with Crippen molar-refractivity contribution in [3.8, 4) is 0 Å². The molecule has 2 aliphatic heterocycles. The minimum absolute atomic E-state index is 0.238. The summed E-state index contributed by atoms with van der Waals surface area (Å²) in [6.45, 7) is 3.39. The number of amides is 1. The van der Waals surface area contributed by atoms with Gasteiger partial charge < -0.3 is 5.32 Å². The fourth-order valence-electron chi connectivity index (χ4n) is 5.14. The van der Waals surface area contributed by atoms with Crippen molar-refractivity contribution in [3.63, 3.8) is 0 Å². The van der Waals surface area contributed by atoms with E-state index in [1.54, 1.807) is 72.8 Å². The van der Waals surface area contributed by atoms with E-state index >= 15 is 0 Å². The number of rotatable bonds is 8. The molecule has 10 heteroatoms. The molecule has 5 rings (SSSR count). The van der Waals surface area contributed by atoms with Gasteiger partial charge in [-0.3, -0.25) is 9.10 Å². The van der Waals surface area contributed by atoms with Crippen molar-refractivity contribution < 1.29 is 21.6 Å². The average Bonchev–Trinajstić information content (AvgIpc) is 3.57. The summed E-state index contributed by atoms with van der Waals surface area (Å²) in [5, 5.41) is 2.91. The molecule has 1 saturated heterocycles. The van der Waals surface area contributed by atoms with Crippen LogP contribution in [0.15, 0.2) is 82.6 Å². The van der Waals surface area contributed by atoms with E-state index in [1.165, 1.54) is 8.61 Å². The van der Waals surface area contributed by atoms with E-state index in [4.69, 9.17) is 0 Å². The molecule has 1 amide bonds. The predicted octanol–water partition coefficient (Wildman–Crippen LogP) is 3.58. The van der Waals surface area contributed by atoms with Crippen molar-refractivity contribution in [2.24, 2.45) is 0 Å². The third-order valence-electron chi connectivity index (χ3n) is 7.12. The maximum atomic E-state index is 13.3. The molecule has 0 aliphatic carbocycles. The molecule has 0 unspecified atom stereocenters. The van der Waals surface area contributed by atoms with Gasteiger partial charge in [0.15, 0.2) is 0 Å². The van der Waals surface area contributed by atoms with Gasteiger partial charge in [-0.25, -0.2) is 16.8 Å². The van der Waals surface area contributed by atoms with Crippen LogP contribution in [0.2, 0.25) is 0 Å². The van der Waals surface area contributed by atoms with E-state index in [2.05, 4.69) is 5.32 Å². The molecule has 0 bridgehead atoms. The van der Waals surface area contributed by atoms with Gasteiger partial charge in [-0.15, -0.1) is 0 Å². The lowest BCUT2D eigenvalue weighted by atomic mass is 10.1. The van der Waals surface area contributed by atoms with E-state index < -0.39 is 20.0 Å². The standard InChI is InChI=1S/C28H31N3O5S2/c1-21-19-24-20-23(11-14-27(24)31(21)38(35,36)25-7-3-2-4-8-25)28(32)29-16-15-22-9-12-26(13-10-22)37(33,34)30-17-5-6-18-30/h2-4,7-14,20-21H,5-6,15-19H2,1H3,(H,29,32)/t21-/m0/s1. The third kappa shape index (κ3) is 5.08. The van der Waals surface area contributed by atoms with Gasteiger partial charge in [0.2, 0.25) is 10.0 Å². The molecule has 2 heterocycles. The Balaban J connectivity index is 1.21. The summed E-state index contributed by atoms with van der Waals surface area (Å²) in [6, 6.07) is 20.0. The number of carbonyl (C=O) groups excluding carboxylic acids is 1. The Hall–Kier alpha value is -3.21. The first-order chi connectivity index (χ1) is 18.2. The van der Waals surface area contributed by atoms with Gasteiger partial charge in [0.05, 0.1) is 15.5 Å². The van der Waals surface area contributed by atoms with E-state index in [-0.39, 0.29) is 16.8 Å². The summed E-state index contributed by atoms with van der Waals surface area (Å²) in [6.07, 6.45) is 2.87. The molecule has 200 valence electrons. The molecule has 0 aromatic heterocycles. The third-order valence-corrected chi connectivity index (χ3v) is 11.0. The summed E-state index contributed by atoms with van der Waals surface area (Å²) < 4.78 is 54.8. The Kier molecular flexibility index (Phi) is 7.30. The van der Waals surface area contributed by atoms with Crippen molar-refractivity contribution in [2.45, 2.75) is 48.4 Å². The topological polar surface area (TPSA) is 104 Å². The molecule has 0 radical (unpaired) electrons. The van der Waals surface area contributed by atoms with Gasteiger partial charge in [0.25, 0.3) is 15.9 Å². The lowest BCUT2D eigenvalue weighted by Crippen LogP contribution is -2.35. The van der Waals surface area contributed by atoms with Gasteiger partial charge in [-0.05, 0) is 86.2 Å². The van der Waals surface area contributed by atoms with E-state index in [0.717, 1.165) is 24.0 Å². The predicted molar refractivity (Wildman–Crippen MR) is 146 cm³/mol. The average molecular weight is 554 g/mol. The molecule has 1 fully saturated rings. The Morgan fingerprint density at radius 3 is 2.21 bits per heavy atom. The zero-order valence-electron chi connectivity index (χ0n) is 21.2. The second kappa shape index (κ2) is 10.5. The van der Waals surface area contributed by atoms with Crippen molar-refractivity contribution in [3.05, 3.63) is 89.5 Å². The fraction of sp³-hybridized carbons (Fsp3) is 0.321. The molecule has 0 spiro atoms. The maximum Gasteiger partial charge on any atom is 0.264 e. The maximum absolute atomic E-state index is 13.3. The summed E-state index contributed by atoms with van der Waals surface area (Å²) in [5.74, 6) is -0.238. The lowest BCUT2D eigenvalue weighted by molar-refractivity contribution is 0.0954. The Morgan fingerprint density at radius 1 is 0.868 bits per heavy atom. The zero-order chi connectivity index (χ0) is 26.9. The number of nitrogens with one attached hydrogen (secondary N) is 1. The van der Waals surface area contributed by atoms with Crippen molar-refractivity contribution in [1.29, 1.82) is 0 Å². The Morgan fingerprint density at radius 2 is 1.53 bits per heavy atom. The van der Waals surface area contributed by atoms with Crippen LogP contribution >= 0.6 is 0 Å². The van der Waals surface area contributed by atoms with Gasteiger partial charge in [0, 0.05) is 31.2 Å². The Bertz CT molecular complexity index is 1530. The highest BCUT2D eigenvalue weighted by Crippen LogP contribution is 2.37. The van der Waals surface area contributed by atoms with Crippen LogP contribution in [0.3, 0.4) is 0 Å². The molecular formula is C28H31N3O5S2. The molecule has 38 heavy (non-hydrogen) atoms. The number of fused-ring (bicyclic) bond motifs is 1. The highest BCUT2D eigenvalue weighted by atomic mass is 32.2. The molecule has 8 nitrogen and oxygen atoms in total. The van der Waals surface area contributed by atoms with E-state index in [1.807, 2.05) is 6.92 Å². The second-order valence-corrected chi connectivity index (χ2v) is 13.5. The lowest BCUT2D eigenvalue weighted by Gasteiger charge is -2.24. The number of anilines is 1. The van der Waals surface area contributed by atoms with Crippen LogP contribution in [0.25, 0.3) is 0 Å². The number of benzene rings is 3. The molecular weight excluding hydrogens is 522 g/mol. The van der Waals surface area contributed by atoms with Crippen LogP contribution in [-0.4, -0.2) is 52.7 Å². The first-order valence-electron chi connectivity index (χ1n) is 12.8.